The van der Waals surface area contributed by atoms with Crippen LogP contribution < -0.4 is 0 Å². The first kappa shape index (κ1) is 13.8. The number of non-ortho nitro benzene ring substituents is 1. The van der Waals surface area contributed by atoms with Crippen molar-refractivity contribution in [3.63, 3.8) is 0 Å². The molecule has 0 spiro atoms. The SMILES string of the molecule is O=C(Cn1ccc2cccc([N+](=O)[O-])c21)c1ccc(Cl)s1. The van der Waals surface area contributed by atoms with Crippen LogP contribution in [-0.4, -0.2) is 15.3 Å². The Morgan fingerprint density at radius 3 is 2.76 bits per heavy atom. The van der Waals surface area contributed by atoms with Gasteiger partial charge in [-0.1, -0.05) is 23.7 Å². The topological polar surface area (TPSA) is 65.1 Å². The van der Waals surface area contributed by atoms with E-state index < -0.39 is 4.92 Å². The van der Waals surface area contributed by atoms with Crippen molar-refractivity contribution < 1.29 is 9.72 Å². The van der Waals surface area contributed by atoms with Crippen molar-refractivity contribution in [2.45, 2.75) is 6.54 Å². The Labute approximate surface area is 128 Å². The maximum Gasteiger partial charge on any atom is 0.293 e. The number of hydrogen-bond donors (Lipinski definition) is 0. The number of ketones is 1. The van der Waals surface area contributed by atoms with Crippen LogP contribution in [0, 0.1) is 10.1 Å². The van der Waals surface area contributed by atoms with Crippen molar-refractivity contribution in [3.8, 4) is 0 Å². The van der Waals surface area contributed by atoms with E-state index in [0.29, 0.717) is 14.7 Å². The fraction of sp³-hybridized carbons (Fsp3) is 0.0714. The molecule has 21 heavy (non-hydrogen) atoms. The average Bonchev–Trinajstić information content (AvgIpc) is 3.05. The number of rotatable bonds is 4. The first-order chi connectivity index (χ1) is 10.1. The van der Waals surface area contributed by atoms with Crippen LogP contribution in [0.2, 0.25) is 4.34 Å². The molecule has 0 unspecified atom stereocenters. The van der Waals surface area contributed by atoms with Crippen molar-refractivity contribution in [1.82, 2.24) is 4.57 Å². The van der Waals surface area contributed by atoms with E-state index in [0.717, 1.165) is 5.39 Å². The number of thiophene rings is 1. The van der Waals surface area contributed by atoms with Gasteiger partial charge in [0.25, 0.3) is 5.69 Å². The highest BCUT2D eigenvalue weighted by Gasteiger charge is 2.17. The van der Waals surface area contributed by atoms with Gasteiger partial charge in [-0.25, -0.2) is 0 Å². The van der Waals surface area contributed by atoms with E-state index in [9.17, 15) is 14.9 Å². The molecule has 0 radical (unpaired) electrons. The zero-order chi connectivity index (χ0) is 15.0. The number of para-hydroxylation sites is 1. The van der Waals surface area contributed by atoms with Gasteiger partial charge in [-0.2, -0.15) is 0 Å². The highest BCUT2D eigenvalue weighted by molar-refractivity contribution is 7.18. The van der Waals surface area contributed by atoms with E-state index in [1.54, 1.807) is 41.1 Å². The molecule has 0 saturated heterocycles. The Bertz CT molecular complexity index is 853. The molecule has 106 valence electrons. The maximum absolute atomic E-state index is 12.2. The van der Waals surface area contributed by atoms with E-state index in [4.69, 9.17) is 11.6 Å². The maximum atomic E-state index is 12.2. The minimum Gasteiger partial charge on any atom is -0.334 e. The highest BCUT2D eigenvalue weighted by atomic mass is 35.5. The van der Waals surface area contributed by atoms with Gasteiger partial charge in [0.2, 0.25) is 0 Å². The summed E-state index contributed by atoms with van der Waals surface area (Å²) in [6.07, 6.45) is 1.69. The minimum absolute atomic E-state index is 0.00508. The molecule has 5 nitrogen and oxygen atoms in total. The number of Topliss-reactive ketones (excluding diaryl/α,β-unsaturated/α-hetero) is 1. The van der Waals surface area contributed by atoms with Gasteiger partial charge >= 0.3 is 0 Å². The highest BCUT2D eigenvalue weighted by Crippen LogP contribution is 2.27. The molecule has 0 N–H and O–H groups in total. The van der Waals surface area contributed by atoms with Crippen LogP contribution in [-0.2, 0) is 6.54 Å². The van der Waals surface area contributed by atoms with E-state index in [1.807, 2.05) is 0 Å². The molecule has 0 fully saturated rings. The summed E-state index contributed by atoms with van der Waals surface area (Å²) in [7, 11) is 0. The van der Waals surface area contributed by atoms with Crippen molar-refractivity contribution in [2.24, 2.45) is 0 Å². The molecule has 3 rings (SSSR count). The predicted octanol–water partition coefficient (Wildman–Crippen LogP) is 4.15. The summed E-state index contributed by atoms with van der Waals surface area (Å²) in [6, 6.07) is 9.93. The molecule has 0 bridgehead atoms. The Morgan fingerprint density at radius 2 is 2.10 bits per heavy atom. The zero-order valence-electron chi connectivity index (χ0n) is 10.7. The Balaban J connectivity index is 2.01. The number of nitro benzene ring substituents is 1. The summed E-state index contributed by atoms with van der Waals surface area (Å²) in [6.45, 7) is 0.0468. The van der Waals surface area contributed by atoms with Crippen LogP contribution in [0.25, 0.3) is 10.9 Å². The molecule has 7 heteroatoms. The smallest absolute Gasteiger partial charge is 0.293 e. The summed E-state index contributed by atoms with van der Waals surface area (Å²) >= 11 is 7.02. The van der Waals surface area contributed by atoms with Gasteiger partial charge < -0.3 is 4.57 Å². The zero-order valence-corrected chi connectivity index (χ0v) is 12.2. The quantitative estimate of drug-likeness (QED) is 0.412. The fourth-order valence-corrected chi connectivity index (χ4v) is 3.19. The third kappa shape index (κ3) is 2.55. The van der Waals surface area contributed by atoms with Crippen LogP contribution in [0.15, 0.2) is 42.6 Å². The molecule has 0 amide bonds. The van der Waals surface area contributed by atoms with Crippen molar-refractivity contribution >= 4 is 45.3 Å². The monoisotopic (exact) mass is 320 g/mol. The van der Waals surface area contributed by atoms with Crippen LogP contribution in [0.5, 0.6) is 0 Å². The van der Waals surface area contributed by atoms with E-state index in [-0.39, 0.29) is 18.0 Å². The Morgan fingerprint density at radius 1 is 1.29 bits per heavy atom. The predicted molar refractivity (Wildman–Crippen MR) is 82.3 cm³/mol. The second-order valence-corrected chi connectivity index (χ2v) is 6.16. The molecule has 0 aliphatic carbocycles. The van der Waals surface area contributed by atoms with Gasteiger partial charge in [-0.05, 0) is 18.2 Å². The minimum atomic E-state index is -0.439. The summed E-state index contributed by atoms with van der Waals surface area (Å²) in [5, 5.41) is 11.9. The lowest BCUT2D eigenvalue weighted by atomic mass is 10.2. The average molecular weight is 321 g/mol. The lowest BCUT2D eigenvalue weighted by Gasteiger charge is -2.04. The normalized spacial score (nSPS) is 10.9. The lowest BCUT2D eigenvalue weighted by Crippen LogP contribution is -2.08. The number of carbonyl (C=O) groups excluding carboxylic acids is 1. The molecule has 0 aliphatic rings. The van der Waals surface area contributed by atoms with Gasteiger partial charge in [-0.15, -0.1) is 11.3 Å². The van der Waals surface area contributed by atoms with Crippen molar-refractivity contribution in [3.05, 3.63) is 61.9 Å². The van der Waals surface area contributed by atoms with E-state index in [1.165, 1.54) is 17.4 Å². The standard InChI is InChI=1S/C14H9ClN2O3S/c15-13-5-4-12(21-13)11(18)8-16-7-6-9-2-1-3-10(14(9)16)17(19)20/h1-7H,8H2. The first-order valence-electron chi connectivity index (χ1n) is 6.07. The number of halogens is 1. The summed E-state index contributed by atoms with van der Waals surface area (Å²) < 4.78 is 2.14. The Hall–Kier alpha value is -2.18. The van der Waals surface area contributed by atoms with Crippen LogP contribution >= 0.6 is 22.9 Å². The third-order valence-electron chi connectivity index (χ3n) is 3.13. The van der Waals surface area contributed by atoms with E-state index in [2.05, 4.69) is 0 Å². The van der Waals surface area contributed by atoms with Gasteiger partial charge in [0, 0.05) is 17.6 Å². The second-order valence-electron chi connectivity index (χ2n) is 4.44. The van der Waals surface area contributed by atoms with Gasteiger partial charge in [-0.3, -0.25) is 14.9 Å². The summed E-state index contributed by atoms with van der Waals surface area (Å²) in [5.41, 5.74) is 0.452. The number of carbonyl (C=O) groups is 1. The van der Waals surface area contributed by atoms with Crippen LogP contribution in [0.3, 0.4) is 0 Å². The molecule has 2 aromatic heterocycles. The molecule has 0 saturated carbocycles. The van der Waals surface area contributed by atoms with Crippen LogP contribution in [0.4, 0.5) is 5.69 Å². The fourth-order valence-electron chi connectivity index (χ4n) is 2.22. The van der Waals surface area contributed by atoms with Gasteiger partial charge in [0.15, 0.2) is 5.78 Å². The number of hydrogen-bond acceptors (Lipinski definition) is 4. The number of nitrogens with zero attached hydrogens (tertiary/aromatic N) is 2. The number of nitro groups is 1. The number of aromatic nitrogens is 1. The molecule has 3 aromatic rings. The summed E-state index contributed by atoms with van der Waals surface area (Å²) in [5.74, 6) is -0.123. The molecule has 1 aromatic carbocycles. The molecular weight excluding hydrogens is 312 g/mol. The Kier molecular flexibility index (Phi) is 3.48. The molecule has 0 aliphatic heterocycles. The molecule has 0 atom stereocenters. The van der Waals surface area contributed by atoms with Crippen molar-refractivity contribution in [1.29, 1.82) is 0 Å². The number of fused-ring (bicyclic) bond motifs is 1. The number of benzene rings is 1. The molecular formula is C14H9ClN2O3S. The van der Waals surface area contributed by atoms with Crippen LogP contribution in [0.1, 0.15) is 9.67 Å². The summed E-state index contributed by atoms with van der Waals surface area (Å²) in [4.78, 5) is 23.4. The van der Waals surface area contributed by atoms with Gasteiger partial charge in [0.1, 0.15) is 5.52 Å². The molecule has 2 heterocycles. The largest absolute Gasteiger partial charge is 0.334 e. The van der Waals surface area contributed by atoms with E-state index >= 15 is 0 Å². The van der Waals surface area contributed by atoms with Gasteiger partial charge in [0.05, 0.1) is 20.7 Å². The lowest BCUT2D eigenvalue weighted by molar-refractivity contribution is -0.383. The first-order valence-corrected chi connectivity index (χ1v) is 7.26. The third-order valence-corrected chi connectivity index (χ3v) is 4.40. The second kappa shape index (κ2) is 5.31. The van der Waals surface area contributed by atoms with Crippen molar-refractivity contribution in [2.75, 3.05) is 0 Å².